The minimum absolute atomic E-state index is 0.0900. The van der Waals surface area contributed by atoms with Crippen LogP contribution in [0.15, 0.2) is 58.4 Å². The van der Waals surface area contributed by atoms with Crippen LogP contribution in [0.2, 0.25) is 0 Å². The van der Waals surface area contributed by atoms with Crippen molar-refractivity contribution in [3.8, 4) is 0 Å². The van der Waals surface area contributed by atoms with Crippen LogP contribution in [0, 0.1) is 6.92 Å². The Morgan fingerprint density at radius 2 is 2.04 bits per heavy atom. The fraction of sp³-hybridized carbons (Fsp3) is 0.133. The smallest absolute Gasteiger partial charge is 0.234 e. The van der Waals surface area contributed by atoms with Crippen LogP contribution < -0.4 is 5.32 Å². The monoisotopic (exact) mass is 391 g/mol. The summed E-state index contributed by atoms with van der Waals surface area (Å²) in [5.41, 5.74) is 0.757. The minimum Gasteiger partial charge on any atom is -0.325 e. The normalized spacial score (nSPS) is 10.7. The topological polar surface area (TPSA) is 64.7 Å². The molecule has 8 heteroatoms. The first-order valence-electron chi connectivity index (χ1n) is 6.87. The van der Waals surface area contributed by atoms with E-state index in [0.29, 0.717) is 5.16 Å². The lowest BCUT2D eigenvalue weighted by atomic mass is 10.3. The fourth-order valence-corrected chi connectivity index (χ4v) is 3.23. The molecule has 0 bridgehead atoms. The number of benzene rings is 1. The number of aromatic nitrogens is 4. The zero-order valence-electron chi connectivity index (χ0n) is 12.3. The van der Waals surface area contributed by atoms with Crippen LogP contribution in [0.4, 0.5) is 5.69 Å². The molecule has 6 nitrogen and oxygen atoms in total. The lowest BCUT2D eigenvalue weighted by molar-refractivity contribution is -0.113. The van der Waals surface area contributed by atoms with Gasteiger partial charge in [0.05, 0.1) is 5.75 Å². The number of amides is 1. The Labute approximate surface area is 146 Å². The number of carbonyl (C=O) groups excluding carboxylic acids is 1. The molecule has 3 aromatic rings. The largest absolute Gasteiger partial charge is 0.325 e. The van der Waals surface area contributed by atoms with E-state index < -0.39 is 0 Å². The maximum absolute atomic E-state index is 12.1. The van der Waals surface area contributed by atoms with Gasteiger partial charge in [-0.2, -0.15) is 0 Å². The number of nitrogens with one attached hydrogen (secondary N) is 1. The molecule has 3 rings (SSSR count). The van der Waals surface area contributed by atoms with Gasteiger partial charge < -0.3 is 5.32 Å². The maximum Gasteiger partial charge on any atom is 0.234 e. The third-order valence-electron chi connectivity index (χ3n) is 3.03. The molecule has 0 aliphatic rings. The van der Waals surface area contributed by atoms with Crippen molar-refractivity contribution in [1.82, 2.24) is 19.5 Å². The van der Waals surface area contributed by atoms with Gasteiger partial charge >= 0.3 is 0 Å². The predicted molar refractivity (Wildman–Crippen MR) is 93.5 cm³/mol. The average molecular weight is 392 g/mol. The number of halogens is 1. The van der Waals surface area contributed by atoms with Crippen molar-refractivity contribution >= 4 is 39.3 Å². The van der Waals surface area contributed by atoms with Gasteiger partial charge in [0.25, 0.3) is 0 Å². The highest BCUT2D eigenvalue weighted by Crippen LogP contribution is 2.19. The molecule has 0 atom stereocenters. The van der Waals surface area contributed by atoms with Gasteiger partial charge in [0.15, 0.2) is 5.82 Å². The Balaban J connectivity index is 1.66. The number of anilines is 1. The number of hydrogen-bond donors (Lipinski definition) is 1. The number of thioether (sulfide) groups is 1. The van der Waals surface area contributed by atoms with Crippen LogP contribution >= 0.6 is 27.7 Å². The summed E-state index contributed by atoms with van der Waals surface area (Å²) < 4.78 is 4.66. The molecule has 0 aliphatic carbocycles. The first-order chi connectivity index (χ1) is 11.1. The molecule has 0 spiro atoms. The van der Waals surface area contributed by atoms with Crippen LogP contribution in [0.25, 0.3) is 0 Å². The number of nitrogens with zero attached hydrogens (tertiary/aromatic N) is 4. The number of rotatable bonds is 5. The Bertz CT molecular complexity index is 815. The fourth-order valence-electron chi connectivity index (χ4n) is 2.05. The average Bonchev–Trinajstić information content (AvgIpc) is 3.14. The zero-order chi connectivity index (χ0) is 16.2. The maximum atomic E-state index is 12.1. The van der Waals surface area contributed by atoms with Gasteiger partial charge in [0, 0.05) is 22.6 Å². The van der Waals surface area contributed by atoms with Crippen molar-refractivity contribution in [3.63, 3.8) is 0 Å². The van der Waals surface area contributed by atoms with E-state index in [9.17, 15) is 4.79 Å². The predicted octanol–water partition coefficient (Wildman–Crippen LogP) is 3.19. The summed E-state index contributed by atoms with van der Waals surface area (Å²) in [7, 11) is 0. The number of aryl methyl sites for hydroxylation is 1. The third-order valence-corrected chi connectivity index (χ3v) is 4.44. The van der Waals surface area contributed by atoms with E-state index in [1.807, 2.05) is 65.1 Å². The van der Waals surface area contributed by atoms with E-state index in [0.717, 1.165) is 16.0 Å². The van der Waals surface area contributed by atoms with Crippen molar-refractivity contribution in [2.24, 2.45) is 0 Å². The van der Waals surface area contributed by atoms with Gasteiger partial charge in [-0.1, -0.05) is 33.8 Å². The second-order valence-corrected chi connectivity index (χ2v) is 6.61. The molecule has 1 amide bonds. The van der Waals surface area contributed by atoms with E-state index in [2.05, 4.69) is 31.4 Å². The van der Waals surface area contributed by atoms with Crippen LogP contribution in [-0.2, 0) is 4.79 Å². The molecule has 0 aliphatic heterocycles. The van der Waals surface area contributed by atoms with E-state index >= 15 is 0 Å². The minimum atomic E-state index is -0.0900. The molecule has 0 radical (unpaired) electrons. The second-order valence-electron chi connectivity index (χ2n) is 4.75. The molecule has 0 fully saturated rings. The van der Waals surface area contributed by atoms with Crippen LogP contribution in [0.3, 0.4) is 0 Å². The van der Waals surface area contributed by atoms with E-state index in [1.54, 1.807) is 0 Å². The Kier molecular flexibility index (Phi) is 4.82. The van der Waals surface area contributed by atoms with Gasteiger partial charge in [-0.05, 0) is 37.3 Å². The van der Waals surface area contributed by atoms with Crippen LogP contribution in [0.5, 0.6) is 0 Å². The molecular formula is C15H14BrN5OS. The highest BCUT2D eigenvalue weighted by atomic mass is 79.9. The van der Waals surface area contributed by atoms with Crippen LogP contribution in [0.1, 0.15) is 5.82 Å². The Morgan fingerprint density at radius 3 is 2.78 bits per heavy atom. The van der Waals surface area contributed by atoms with Crippen molar-refractivity contribution < 1.29 is 4.79 Å². The van der Waals surface area contributed by atoms with Crippen molar-refractivity contribution in [1.29, 1.82) is 0 Å². The Morgan fingerprint density at radius 1 is 1.26 bits per heavy atom. The van der Waals surface area contributed by atoms with Crippen molar-refractivity contribution in [2.45, 2.75) is 12.1 Å². The quantitative estimate of drug-likeness (QED) is 0.678. The van der Waals surface area contributed by atoms with E-state index in [1.165, 1.54) is 11.8 Å². The molecule has 0 unspecified atom stereocenters. The molecule has 23 heavy (non-hydrogen) atoms. The SMILES string of the molecule is Cc1nnc(SCC(=O)Nc2cccc(Br)c2)n1-n1cccc1. The van der Waals surface area contributed by atoms with Gasteiger partial charge in [0.2, 0.25) is 11.1 Å². The van der Waals surface area contributed by atoms with Gasteiger partial charge in [-0.3, -0.25) is 9.47 Å². The number of carbonyl (C=O) groups is 1. The van der Waals surface area contributed by atoms with Crippen molar-refractivity contribution in [3.05, 3.63) is 59.1 Å². The Hall–Kier alpha value is -2.06. The summed E-state index contributed by atoms with van der Waals surface area (Å²) in [6, 6.07) is 11.3. The van der Waals surface area contributed by atoms with Gasteiger partial charge in [0.1, 0.15) is 0 Å². The molecule has 0 saturated heterocycles. The second kappa shape index (κ2) is 7.01. The standard InChI is InChI=1S/C15H14BrN5OS/c1-11-18-19-15(21(11)20-7-2-3-8-20)23-10-14(22)17-13-6-4-5-12(16)9-13/h2-9H,10H2,1H3,(H,17,22). The summed E-state index contributed by atoms with van der Waals surface area (Å²) in [4.78, 5) is 12.1. The third kappa shape index (κ3) is 3.83. The zero-order valence-corrected chi connectivity index (χ0v) is 14.7. The highest BCUT2D eigenvalue weighted by molar-refractivity contribution is 9.10. The summed E-state index contributed by atoms with van der Waals surface area (Å²) in [6.45, 7) is 1.87. The lowest BCUT2D eigenvalue weighted by Gasteiger charge is -2.09. The molecule has 2 heterocycles. The van der Waals surface area contributed by atoms with Gasteiger partial charge in [-0.15, -0.1) is 10.2 Å². The molecule has 118 valence electrons. The molecular weight excluding hydrogens is 378 g/mol. The molecule has 2 aromatic heterocycles. The first kappa shape index (κ1) is 15.8. The van der Waals surface area contributed by atoms with Gasteiger partial charge in [-0.25, -0.2) is 4.68 Å². The van der Waals surface area contributed by atoms with Crippen LogP contribution in [-0.4, -0.2) is 31.2 Å². The van der Waals surface area contributed by atoms with Crippen molar-refractivity contribution in [2.75, 3.05) is 11.1 Å². The first-order valence-corrected chi connectivity index (χ1v) is 8.65. The summed E-state index contributed by atoms with van der Waals surface area (Å²) in [6.07, 6.45) is 3.81. The summed E-state index contributed by atoms with van der Waals surface area (Å²) >= 11 is 4.72. The van der Waals surface area contributed by atoms with E-state index in [-0.39, 0.29) is 11.7 Å². The molecule has 0 saturated carbocycles. The molecule has 1 N–H and O–H groups in total. The summed E-state index contributed by atoms with van der Waals surface area (Å²) in [5.74, 6) is 0.926. The number of hydrogen-bond acceptors (Lipinski definition) is 4. The molecule has 1 aromatic carbocycles. The highest BCUT2D eigenvalue weighted by Gasteiger charge is 2.13. The summed E-state index contributed by atoms with van der Waals surface area (Å²) in [5, 5.41) is 11.7. The van der Waals surface area contributed by atoms with E-state index in [4.69, 9.17) is 0 Å². The lowest BCUT2D eigenvalue weighted by Crippen LogP contribution is -2.15.